The standard InChI is InChI=1S/C21H29ClN4O.HI/c1-2-23-19(26-11-3-8-20(15-26)12-18(27)24-13-20)25-14-21(9-10-21)16-4-6-17(22)7-5-16;/h4-7H,2-3,8-15H2,1H3,(H,23,25)(H,24,27);1H. The van der Waals surface area contributed by atoms with Gasteiger partial charge in [-0.15, -0.1) is 24.0 Å². The highest BCUT2D eigenvalue weighted by Crippen LogP contribution is 2.48. The van der Waals surface area contributed by atoms with Gasteiger partial charge in [0.15, 0.2) is 5.96 Å². The predicted octanol–water partition coefficient (Wildman–Crippen LogP) is 3.56. The quantitative estimate of drug-likeness (QED) is 0.366. The molecular weight excluding hydrogens is 487 g/mol. The first-order chi connectivity index (χ1) is 13.0. The molecule has 1 aliphatic carbocycles. The summed E-state index contributed by atoms with van der Waals surface area (Å²) in [5, 5.41) is 7.29. The summed E-state index contributed by atoms with van der Waals surface area (Å²) in [6.07, 6.45) is 5.25. The monoisotopic (exact) mass is 516 g/mol. The summed E-state index contributed by atoms with van der Waals surface area (Å²) in [4.78, 5) is 19.2. The Hall–Kier alpha value is -1.02. The number of likely N-dealkylation sites (tertiary alicyclic amines) is 1. The van der Waals surface area contributed by atoms with Crippen LogP contribution in [0.5, 0.6) is 0 Å². The Bertz CT molecular complexity index is 734. The lowest BCUT2D eigenvalue weighted by Gasteiger charge is -2.41. The minimum atomic E-state index is 0. The second-order valence-electron chi connectivity index (χ2n) is 8.44. The summed E-state index contributed by atoms with van der Waals surface area (Å²) in [6, 6.07) is 8.24. The van der Waals surface area contributed by atoms with Crippen LogP contribution < -0.4 is 10.6 Å². The molecule has 28 heavy (non-hydrogen) atoms. The SMILES string of the molecule is CCNC(=NCC1(c2ccc(Cl)cc2)CC1)N1CCCC2(CNC(=O)C2)C1.I. The van der Waals surface area contributed by atoms with Crippen molar-refractivity contribution in [2.24, 2.45) is 10.4 Å². The van der Waals surface area contributed by atoms with Crippen LogP contribution >= 0.6 is 35.6 Å². The smallest absolute Gasteiger partial charge is 0.220 e. The Balaban J connectivity index is 0.00000225. The number of nitrogens with one attached hydrogen (secondary N) is 2. The molecule has 2 N–H and O–H groups in total. The van der Waals surface area contributed by atoms with Crippen LogP contribution in [0.15, 0.2) is 29.3 Å². The van der Waals surface area contributed by atoms with Gasteiger partial charge in [-0.1, -0.05) is 23.7 Å². The van der Waals surface area contributed by atoms with Gasteiger partial charge in [-0.05, 0) is 50.3 Å². The molecule has 0 aromatic heterocycles. The van der Waals surface area contributed by atoms with Gasteiger partial charge in [0.05, 0.1) is 6.54 Å². The van der Waals surface area contributed by atoms with E-state index in [1.54, 1.807) is 0 Å². The van der Waals surface area contributed by atoms with E-state index in [9.17, 15) is 4.79 Å². The highest BCUT2D eigenvalue weighted by molar-refractivity contribution is 14.0. The number of aliphatic imine (C=N–C) groups is 1. The van der Waals surface area contributed by atoms with E-state index >= 15 is 0 Å². The zero-order valence-electron chi connectivity index (χ0n) is 16.5. The van der Waals surface area contributed by atoms with Crippen LogP contribution in [0.3, 0.4) is 0 Å². The number of carbonyl (C=O) groups excluding carboxylic acids is 1. The maximum Gasteiger partial charge on any atom is 0.220 e. The van der Waals surface area contributed by atoms with Crippen molar-refractivity contribution in [2.75, 3.05) is 32.7 Å². The lowest BCUT2D eigenvalue weighted by molar-refractivity contribution is -0.119. The predicted molar refractivity (Wildman–Crippen MR) is 125 cm³/mol. The van der Waals surface area contributed by atoms with Crippen LogP contribution in [0.2, 0.25) is 5.02 Å². The second kappa shape index (κ2) is 8.78. The van der Waals surface area contributed by atoms with E-state index in [0.717, 1.165) is 56.5 Å². The van der Waals surface area contributed by atoms with Crippen molar-refractivity contribution in [3.05, 3.63) is 34.9 Å². The molecule has 4 rings (SSSR count). The lowest BCUT2D eigenvalue weighted by atomic mass is 9.79. The molecule has 2 heterocycles. The molecule has 154 valence electrons. The van der Waals surface area contributed by atoms with E-state index in [2.05, 4.69) is 34.6 Å². The third-order valence-corrected chi connectivity index (χ3v) is 6.59. The second-order valence-corrected chi connectivity index (χ2v) is 8.87. The number of benzene rings is 1. The topological polar surface area (TPSA) is 56.7 Å². The number of hydrogen-bond donors (Lipinski definition) is 2. The van der Waals surface area contributed by atoms with Crippen LogP contribution in [-0.4, -0.2) is 49.5 Å². The highest BCUT2D eigenvalue weighted by atomic mass is 127. The molecule has 2 aliphatic heterocycles. The van der Waals surface area contributed by atoms with Gasteiger partial charge in [0.25, 0.3) is 0 Å². The number of hydrogen-bond acceptors (Lipinski definition) is 2. The Morgan fingerprint density at radius 3 is 2.64 bits per heavy atom. The number of piperidine rings is 1. The van der Waals surface area contributed by atoms with Gasteiger partial charge in [0, 0.05) is 48.5 Å². The van der Waals surface area contributed by atoms with E-state index < -0.39 is 0 Å². The van der Waals surface area contributed by atoms with Crippen molar-refractivity contribution in [1.82, 2.24) is 15.5 Å². The molecule has 5 nitrogen and oxygen atoms in total. The van der Waals surface area contributed by atoms with Crippen LogP contribution in [0, 0.1) is 5.41 Å². The normalized spacial score (nSPS) is 26.0. The first-order valence-electron chi connectivity index (χ1n) is 10.1. The summed E-state index contributed by atoms with van der Waals surface area (Å²) in [6.45, 7) is 6.49. The minimum Gasteiger partial charge on any atom is -0.357 e. The number of carbonyl (C=O) groups is 1. The largest absolute Gasteiger partial charge is 0.357 e. The van der Waals surface area contributed by atoms with Gasteiger partial charge in [-0.25, -0.2) is 0 Å². The van der Waals surface area contributed by atoms with Gasteiger partial charge in [-0.2, -0.15) is 0 Å². The number of nitrogens with zero attached hydrogens (tertiary/aromatic N) is 2. The van der Waals surface area contributed by atoms with E-state index in [-0.39, 0.29) is 40.7 Å². The van der Waals surface area contributed by atoms with Crippen molar-refractivity contribution in [3.63, 3.8) is 0 Å². The first kappa shape index (κ1) is 21.7. The van der Waals surface area contributed by atoms with Crippen molar-refractivity contribution in [1.29, 1.82) is 0 Å². The number of halogens is 2. The van der Waals surface area contributed by atoms with E-state index in [4.69, 9.17) is 16.6 Å². The number of rotatable bonds is 4. The van der Waals surface area contributed by atoms with Crippen molar-refractivity contribution < 1.29 is 4.79 Å². The molecule has 1 amide bonds. The van der Waals surface area contributed by atoms with Crippen LogP contribution in [0.4, 0.5) is 0 Å². The third kappa shape index (κ3) is 4.58. The van der Waals surface area contributed by atoms with E-state index in [0.29, 0.717) is 6.42 Å². The number of amides is 1. The zero-order chi connectivity index (χ0) is 18.9. The summed E-state index contributed by atoms with van der Waals surface area (Å²) < 4.78 is 0. The maximum absolute atomic E-state index is 11.8. The average Bonchev–Trinajstić information content (AvgIpc) is 3.37. The molecule has 1 unspecified atom stereocenters. The highest BCUT2D eigenvalue weighted by Gasteiger charge is 2.45. The molecule has 1 saturated carbocycles. The Kier molecular flexibility index (Phi) is 6.80. The molecule has 0 bridgehead atoms. The summed E-state index contributed by atoms with van der Waals surface area (Å²) in [5.41, 5.74) is 1.59. The molecule has 3 fully saturated rings. The van der Waals surface area contributed by atoms with E-state index in [1.165, 1.54) is 18.4 Å². The Morgan fingerprint density at radius 1 is 1.29 bits per heavy atom. The van der Waals surface area contributed by atoms with Crippen molar-refractivity contribution in [3.8, 4) is 0 Å². The first-order valence-corrected chi connectivity index (χ1v) is 10.5. The fourth-order valence-electron chi connectivity index (χ4n) is 4.57. The van der Waals surface area contributed by atoms with Gasteiger partial charge < -0.3 is 15.5 Å². The summed E-state index contributed by atoms with van der Waals surface area (Å²) in [7, 11) is 0. The third-order valence-electron chi connectivity index (χ3n) is 6.33. The molecule has 1 aromatic rings. The fraction of sp³-hybridized carbons (Fsp3) is 0.619. The van der Waals surface area contributed by atoms with Crippen LogP contribution in [-0.2, 0) is 10.2 Å². The molecule has 2 saturated heterocycles. The fourth-order valence-corrected chi connectivity index (χ4v) is 4.70. The van der Waals surface area contributed by atoms with Crippen LogP contribution in [0.25, 0.3) is 0 Å². The molecule has 1 aromatic carbocycles. The van der Waals surface area contributed by atoms with Gasteiger partial charge >= 0.3 is 0 Å². The van der Waals surface area contributed by atoms with Crippen LogP contribution in [0.1, 0.15) is 44.6 Å². The number of guanidine groups is 1. The molecule has 3 aliphatic rings. The summed E-state index contributed by atoms with van der Waals surface area (Å²) >= 11 is 6.05. The Morgan fingerprint density at radius 2 is 2.04 bits per heavy atom. The summed E-state index contributed by atoms with van der Waals surface area (Å²) in [5.74, 6) is 1.19. The van der Waals surface area contributed by atoms with Gasteiger partial charge in [0.2, 0.25) is 5.91 Å². The zero-order valence-corrected chi connectivity index (χ0v) is 19.6. The van der Waals surface area contributed by atoms with E-state index in [1.807, 2.05) is 12.1 Å². The molecule has 0 radical (unpaired) electrons. The maximum atomic E-state index is 11.8. The molecular formula is C21H30ClIN4O. The van der Waals surface area contributed by atoms with Crippen molar-refractivity contribution >= 4 is 47.4 Å². The average molecular weight is 517 g/mol. The molecule has 1 atom stereocenters. The minimum absolute atomic E-state index is 0. The Labute approximate surface area is 189 Å². The molecule has 1 spiro atoms. The lowest BCUT2D eigenvalue weighted by Crippen LogP contribution is -2.51. The van der Waals surface area contributed by atoms with Gasteiger partial charge in [-0.3, -0.25) is 9.79 Å². The van der Waals surface area contributed by atoms with Crippen molar-refractivity contribution in [2.45, 2.75) is 44.4 Å². The molecule has 7 heteroatoms. The van der Waals surface area contributed by atoms with Gasteiger partial charge in [0.1, 0.15) is 0 Å².